The van der Waals surface area contributed by atoms with Crippen molar-refractivity contribution >= 4 is 5.91 Å². The number of likely N-dealkylation sites (N-methyl/N-ethyl adjacent to an activating group) is 1. The summed E-state index contributed by atoms with van der Waals surface area (Å²) in [6.07, 6.45) is 0. The van der Waals surface area contributed by atoms with Crippen LogP contribution in [0.2, 0.25) is 0 Å². The van der Waals surface area contributed by atoms with E-state index >= 15 is 0 Å². The Kier molecular flexibility index (Phi) is 7.16. The van der Waals surface area contributed by atoms with E-state index in [1.165, 1.54) is 12.1 Å². The summed E-state index contributed by atoms with van der Waals surface area (Å²) in [5, 5.41) is 2.93. The summed E-state index contributed by atoms with van der Waals surface area (Å²) in [6.45, 7) is 5.13. The zero-order valence-electron chi connectivity index (χ0n) is 15.8. The second kappa shape index (κ2) is 9.34. The van der Waals surface area contributed by atoms with Crippen LogP contribution in [-0.2, 0) is 0 Å². The molecule has 5 heteroatoms. The first-order valence-electron chi connectivity index (χ1n) is 8.79. The van der Waals surface area contributed by atoms with Gasteiger partial charge in [0.1, 0.15) is 11.6 Å². The SMILES string of the molecule is CC(C)COc1cccc(C(=O)NCC(c2cccc(F)c2)N(C)C)c1. The average molecular weight is 358 g/mol. The van der Waals surface area contributed by atoms with E-state index < -0.39 is 0 Å². The lowest BCUT2D eigenvalue weighted by Gasteiger charge is -2.25. The number of carbonyl (C=O) groups excluding carboxylic acids is 1. The normalized spacial score (nSPS) is 12.3. The van der Waals surface area contributed by atoms with Gasteiger partial charge in [-0.05, 0) is 55.9 Å². The molecule has 1 amide bonds. The van der Waals surface area contributed by atoms with Gasteiger partial charge in [0, 0.05) is 12.1 Å². The summed E-state index contributed by atoms with van der Waals surface area (Å²) in [5.41, 5.74) is 1.37. The second-order valence-corrected chi connectivity index (χ2v) is 6.98. The minimum atomic E-state index is -0.282. The number of halogens is 1. The first-order valence-corrected chi connectivity index (χ1v) is 8.79. The molecule has 0 heterocycles. The molecular weight excluding hydrogens is 331 g/mol. The largest absolute Gasteiger partial charge is 0.493 e. The molecule has 0 bridgehead atoms. The molecule has 0 saturated heterocycles. The maximum atomic E-state index is 13.5. The van der Waals surface area contributed by atoms with Gasteiger partial charge in [0.15, 0.2) is 0 Å². The number of ether oxygens (including phenoxy) is 1. The Bertz CT molecular complexity index is 731. The Hall–Kier alpha value is -2.40. The molecule has 1 atom stereocenters. The molecule has 26 heavy (non-hydrogen) atoms. The van der Waals surface area contributed by atoms with Crippen molar-refractivity contribution in [2.75, 3.05) is 27.2 Å². The number of benzene rings is 2. The van der Waals surface area contributed by atoms with Gasteiger partial charge in [-0.3, -0.25) is 4.79 Å². The van der Waals surface area contributed by atoms with Crippen molar-refractivity contribution in [3.8, 4) is 5.75 Å². The number of amides is 1. The third kappa shape index (κ3) is 5.85. The van der Waals surface area contributed by atoms with Crippen LogP contribution in [0.4, 0.5) is 4.39 Å². The van der Waals surface area contributed by atoms with Crippen LogP contribution in [0.1, 0.15) is 35.8 Å². The molecule has 140 valence electrons. The van der Waals surface area contributed by atoms with Crippen LogP contribution in [0.3, 0.4) is 0 Å². The van der Waals surface area contributed by atoms with Crippen molar-refractivity contribution in [2.24, 2.45) is 5.92 Å². The minimum Gasteiger partial charge on any atom is -0.493 e. The van der Waals surface area contributed by atoms with Gasteiger partial charge >= 0.3 is 0 Å². The molecule has 0 aromatic heterocycles. The molecule has 0 radical (unpaired) electrons. The number of rotatable bonds is 8. The molecule has 4 nitrogen and oxygen atoms in total. The van der Waals surface area contributed by atoms with Crippen LogP contribution in [0.15, 0.2) is 48.5 Å². The van der Waals surface area contributed by atoms with E-state index in [1.54, 1.807) is 24.3 Å². The van der Waals surface area contributed by atoms with Crippen LogP contribution in [-0.4, -0.2) is 38.1 Å². The predicted octanol–water partition coefficient (Wildman–Crippen LogP) is 3.89. The third-order valence-electron chi connectivity index (χ3n) is 3.99. The number of nitrogens with zero attached hydrogens (tertiary/aromatic N) is 1. The molecule has 2 aromatic rings. The van der Waals surface area contributed by atoms with E-state index in [0.29, 0.717) is 30.4 Å². The molecule has 0 spiro atoms. The quantitative estimate of drug-likeness (QED) is 0.778. The highest BCUT2D eigenvalue weighted by Crippen LogP contribution is 2.19. The van der Waals surface area contributed by atoms with Gasteiger partial charge in [-0.1, -0.05) is 32.0 Å². The van der Waals surface area contributed by atoms with E-state index in [2.05, 4.69) is 19.2 Å². The molecule has 2 aromatic carbocycles. The molecule has 1 N–H and O–H groups in total. The smallest absolute Gasteiger partial charge is 0.251 e. The Morgan fingerprint density at radius 3 is 2.54 bits per heavy atom. The number of nitrogens with one attached hydrogen (secondary N) is 1. The van der Waals surface area contributed by atoms with Crippen LogP contribution in [0.25, 0.3) is 0 Å². The Morgan fingerprint density at radius 2 is 1.88 bits per heavy atom. The summed E-state index contributed by atoms with van der Waals surface area (Å²) in [7, 11) is 3.81. The lowest BCUT2D eigenvalue weighted by Crippen LogP contribution is -2.34. The Balaban J connectivity index is 2.03. The summed E-state index contributed by atoms with van der Waals surface area (Å²) in [5.74, 6) is 0.638. The predicted molar refractivity (Wildman–Crippen MR) is 102 cm³/mol. The molecule has 0 aliphatic rings. The van der Waals surface area contributed by atoms with Crippen molar-refractivity contribution in [1.29, 1.82) is 0 Å². The van der Waals surface area contributed by atoms with Crippen molar-refractivity contribution in [3.63, 3.8) is 0 Å². The molecule has 2 rings (SSSR count). The molecule has 0 aliphatic carbocycles. The van der Waals surface area contributed by atoms with Crippen LogP contribution in [0, 0.1) is 11.7 Å². The Labute approximate surface area is 155 Å². The third-order valence-corrected chi connectivity index (χ3v) is 3.99. The van der Waals surface area contributed by atoms with Gasteiger partial charge in [0.05, 0.1) is 12.6 Å². The summed E-state index contributed by atoms with van der Waals surface area (Å²) in [4.78, 5) is 14.5. The minimum absolute atomic E-state index is 0.116. The van der Waals surface area contributed by atoms with Crippen molar-refractivity contribution < 1.29 is 13.9 Å². The lowest BCUT2D eigenvalue weighted by molar-refractivity contribution is 0.0941. The fourth-order valence-electron chi connectivity index (χ4n) is 2.59. The maximum absolute atomic E-state index is 13.5. The zero-order chi connectivity index (χ0) is 19.1. The van der Waals surface area contributed by atoms with Crippen molar-refractivity contribution in [2.45, 2.75) is 19.9 Å². The van der Waals surface area contributed by atoms with Crippen molar-refractivity contribution in [3.05, 3.63) is 65.5 Å². The summed E-state index contributed by atoms with van der Waals surface area (Å²) in [6, 6.07) is 13.5. The van der Waals surface area contributed by atoms with E-state index in [0.717, 1.165) is 5.56 Å². The molecule has 1 unspecified atom stereocenters. The van der Waals surface area contributed by atoms with Crippen molar-refractivity contribution in [1.82, 2.24) is 10.2 Å². The van der Waals surface area contributed by atoms with Gasteiger partial charge in [-0.25, -0.2) is 4.39 Å². The number of carbonyl (C=O) groups is 1. The summed E-state index contributed by atoms with van der Waals surface area (Å²) >= 11 is 0. The van der Waals surface area contributed by atoms with E-state index in [9.17, 15) is 9.18 Å². The standard InChI is InChI=1S/C21H27FN2O2/c1-15(2)14-26-19-10-6-8-17(12-19)21(25)23-13-20(24(3)4)16-7-5-9-18(22)11-16/h5-12,15,20H,13-14H2,1-4H3,(H,23,25). The zero-order valence-corrected chi connectivity index (χ0v) is 15.8. The van der Waals surface area contributed by atoms with E-state index in [1.807, 2.05) is 31.1 Å². The first-order chi connectivity index (χ1) is 12.4. The molecule has 0 aliphatic heterocycles. The lowest BCUT2D eigenvalue weighted by atomic mass is 10.1. The van der Waals surface area contributed by atoms with Gasteiger partial charge in [-0.15, -0.1) is 0 Å². The molecule has 0 saturated carbocycles. The maximum Gasteiger partial charge on any atom is 0.251 e. The van der Waals surface area contributed by atoms with Gasteiger partial charge < -0.3 is 15.0 Å². The number of hydrogen-bond donors (Lipinski definition) is 1. The van der Waals surface area contributed by atoms with Crippen LogP contribution in [0.5, 0.6) is 5.75 Å². The average Bonchev–Trinajstić information content (AvgIpc) is 2.60. The highest BCUT2D eigenvalue weighted by atomic mass is 19.1. The van der Waals surface area contributed by atoms with Gasteiger partial charge in [0.25, 0.3) is 5.91 Å². The van der Waals surface area contributed by atoms with Gasteiger partial charge in [0.2, 0.25) is 0 Å². The Morgan fingerprint density at radius 1 is 1.15 bits per heavy atom. The molecular formula is C21H27FN2O2. The highest BCUT2D eigenvalue weighted by Gasteiger charge is 2.16. The van der Waals surface area contributed by atoms with Crippen LogP contribution >= 0.6 is 0 Å². The fraction of sp³-hybridized carbons (Fsp3) is 0.381. The fourth-order valence-corrected chi connectivity index (χ4v) is 2.59. The van der Waals surface area contributed by atoms with Gasteiger partial charge in [-0.2, -0.15) is 0 Å². The topological polar surface area (TPSA) is 41.6 Å². The van der Waals surface area contributed by atoms with E-state index in [4.69, 9.17) is 4.74 Å². The second-order valence-electron chi connectivity index (χ2n) is 6.98. The highest BCUT2D eigenvalue weighted by molar-refractivity contribution is 5.94. The summed E-state index contributed by atoms with van der Waals surface area (Å²) < 4.78 is 19.2. The molecule has 0 fully saturated rings. The number of hydrogen-bond acceptors (Lipinski definition) is 3. The van der Waals surface area contributed by atoms with Crippen LogP contribution < -0.4 is 10.1 Å². The first kappa shape index (κ1) is 19.9. The van der Waals surface area contributed by atoms with E-state index in [-0.39, 0.29) is 17.8 Å². The monoisotopic (exact) mass is 358 g/mol.